The lowest BCUT2D eigenvalue weighted by Gasteiger charge is -2.11. The molecule has 0 amide bonds. The minimum absolute atomic E-state index is 0.0287. The van der Waals surface area contributed by atoms with Crippen LogP contribution in [0.5, 0.6) is 5.75 Å². The molecule has 0 aliphatic carbocycles. The molecular weight excluding hydrogens is 468 g/mol. The summed E-state index contributed by atoms with van der Waals surface area (Å²) >= 11 is 0. The minimum atomic E-state index is -1.23. The fraction of sp³-hybridized carbons (Fsp3) is 0.167. The van der Waals surface area contributed by atoms with Crippen molar-refractivity contribution in [2.75, 3.05) is 0 Å². The van der Waals surface area contributed by atoms with E-state index in [2.05, 4.69) is 0 Å². The van der Waals surface area contributed by atoms with E-state index in [0.29, 0.717) is 24.0 Å². The molecule has 0 fully saturated rings. The number of carbonyl (C=O) groups excluding carboxylic acids is 1. The molecule has 0 saturated carbocycles. The highest BCUT2D eigenvalue weighted by atomic mass is 19.2. The molecular formula is C30H24F4O2. The van der Waals surface area contributed by atoms with E-state index >= 15 is 0 Å². The van der Waals surface area contributed by atoms with Crippen LogP contribution in [0.4, 0.5) is 17.6 Å². The first kappa shape index (κ1) is 25.2. The van der Waals surface area contributed by atoms with Crippen molar-refractivity contribution in [1.82, 2.24) is 0 Å². The smallest absolute Gasteiger partial charge is 0.343 e. The Morgan fingerprint density at radius 3 is 1.75 bits per heavy atom. The SMILES string of the molecule is CCCc1ccc(OC(=O)c2ccc(-c3ccc(-c4ccc(CC)cc4)c(F)c3F)cc2)c(F)c1F. The van der Waals surface area contributed by atoms with Crippen LogP contribution in [0.2, 0.25) is 0 Å². The molecule has 0 saturated heterocycles. The van der Waals surface area contributed by atoms with Gasteiger partial charge < -0.3 is 4.74 Å². The monoisotopic (exact) mass is 492 g/mol. The van der Waals surface area contributed by atoms with Gasteiger partial charge in [-0.15, -0.1) is 0 Å². The first-order chi connectivity index (χ1) is 17.3. The van der Waals surface area contributed by atoms with Crippen LogP contribution in [0.15, 0.2) is 72.8 Å². The van der Waals surface area contributed by atoms with Gasteiger partial charge in [-0.2, -0.15) is 4.39 Å². The summed E-state index contributed by atoms with van der Waals surface area (Å²) < 4.78 is 63.3. The molecule has 184 valence electrons. The van der Waals surface area contributed by atoms with Gasteiger partial charge in [0.2, 0.25) is 5.82 Å². The van der Waals surface area contributed by atoms with Gasteiger partial charge in [0.15, 0.2) is 23.2 Å². The van der Waals surface area contributed by atoms with Gasteiger partial charge in [-0.3, -0.25) is 0 Å². The first-order valence-electron chi connectivity index (χ1n) is 11.7. The third-order valence-corrected chi connectivity index (χ3v) is 6.04. The highest BCUT2D eigenvalue weighted by Crippen LogP contribution is 2.32. The Balaban J connectivity index is 1.54. The molecule has 0 atom stereocenters. The second kappa shape index (κ2) is 10.8. The Morgan fingerprint density at radius 2 is 1.22 bits per heavy atom. The molecule has 0 radical (unpaired) electrons. The fourth-order valence-corrected chi connectivity index (χ4v) is 3.97. The number of ether oxygens (including phenoxy) is 1. The lowest BCUT2D eigenvalue weighted by Crippen LogP contribution is -2.10. The van der Waals surface area contributed by atoms with Crippen LogP contribution in [-0.2, 0) is 12.8 Å². The number of benzene rings is 4. The quantitative estimate of drug-likeness (QED) is 0.147. The van der Waals surface area contributed by atoms with Gasteiger partial charge in [0.25, 0.3) is 0 Å². The molecule has 0 spiro atoms. The summed E-state index contributed by atoms with van der Waals surface area (Å²) in [4.78, 5) is 12.5. The lowest BCUT2D eigenvalue weighted by molar-refractivity contribution is 0.0726. The topological polar surface area (TPSA) is 26.3 Å². The predicted molar refractivity (Wildman–Crippen MR) is 132 cm³/mol. The summed E-state index contributed by atoms with van der Waals surface area (Å²) in [5.74, 6) is -5.67. The molecule has 4 aromatic rings. The summed E-state index contributed by atoms with van der Waals surface area (Å²) in [7, 11) is 0. The van der Waals surface area contributed by atoms with Crippen LogP contribution in [-0.4, -0.2) is 5.97 Å². The van der Waals surface area contributed by atoms with Gasteiger partial charge in [0.1, 0.15) is 0 Å². The van der Waals surface area contributed by atoms with Crippen molar-refractivity contribution in [1.29, 1.82) is 0 Å². The summed E-state index contributed by atoms with van der Waals surface area (Å²) in [5.41, 5.74) is 2.44. The number of rotatable bonds is 7. The van der Waals surface area contributed by atoms with E-state index in [4.69, 9.17) is 4.74 Å². The summed E-state index contributed by atoms with van der Waals surface area (Å²) in [6.45, 7) is 3.85. The Morgan fingerprint density at radius 1 is 0.667 bits per heavy atom. The molecule has 0 heterocycles. The van der Waals surface area contributed by atoms with Gasteiger partial charge in [-0.25, -0.2) is 18.0 Å². The fourth-order valence-electron chi connectivity index (χ4n) is 3.97. The number of halogens is 4. The largest absolute Gasteiger partial charge is 0.420 e. The van der Waals surface area contributed by atoms with E-state index in [9.17, 15) is 22.4 Å². The Bertz CT molecular complexity index is 1390. The number of esters is 1. The van der Waals surface area contributed by atoms with Crippen LogP contribution >= 0.6 is 0 Å². The van der Waals surface area contributed by atoms with Crippen molar-refractivity contribution >= 4 is 5.97 Å². The number of aryl methyl sites for hydroxylation is 2. The first-order valence-corrected chi connectivity index (χ1v) is 11.7. The van der Waals surface area contributed by atoms with Crippen LogP contribution in [0, 0.1) is 23.3 Å². The number of carbonyl (C=O) groups is 1. The van der Waals surface area contributed by atoms with Crippen molar-refractivity contribution in [2.45, 2.75) is 33.1 Å². The van der Waals surface area contributed by atoms with Crippen LogP contribution in [0.1, 0.15) is 41.8 Å². The molecule has 0 aliphatic heterocycles. The molecule has 0 bridgehead atoms. The second-order valence-corrected chi connectivity index (χ2v) is 8.41. The maximum Gasteiger partial charge on any atom is 0.343 e. The zero-order chi connectivity index (χ0) is 25.8. The molecule has 0 N–H and O–H groups in total. The van der Waals surface area contributed by atoms with E-state index in [1.54, 1.807) is 12.1 Å². The molecule has 0 aromatic heterocycles. The Labute approximate surface area is 207 Å². The van der Waals surface area contributed by atoms with Gasteiger partial charge >= 0.3 is 5.97 Å². The molecule has 0 aliphatic rings. The number of hydrogen-bond acceptors (Lipinski definition) is 2. The Kier molecular flexibility index (Phi) is 7.53. The molecule has 4 aromatic carbocycles. The normalized spacial score (nSPS) is 10.9. The zero-order valence-corrected chi connectivity index (χ0v) is 19.9. The average Bonchev–Trinajstić information content (AvgIpc) is 2.90. The van der Waals surface area contributed by atoms with E-state index < -0.39 is 35.0 Å². The highest BCUT2D eigenvalue weighted by molar-refractivity contribution is 5.91. The zero-order valence-electron chi connectivity index (χ0n) is 19.9. The van der Waals surface area contributed by atoms with Crippen LogP contribution in [0.3, 0.4) is 0 Å². The van der Waals surface area contributed by atoms with Crippen molar-refractivity contribution in [2.24, 2.45) is 0 Å². The third kappa shape index (κ3) is 5.03. The van der Waals surface area contributed by atoms with Gasteiger partial charge in [-0.05, 0) is 53.3 Å². The van der Waals surface area contributed by atoms with Crippen molar-refractivity contribution < 1.29 is 27.1 Å². The second-order valence-electron chi connectivity index (χ2n) is 8.41. The maximum absolute atomic E-state index is 15.0. The van der Waals surface area contributed by atoms with E-state index in [1.807, 2.05) is 26.0 Å². The van der Waals surface area contributed by atoms with E-state index in [1.165, 1.54) is 48.5 Å². The van der Waals surface area contributed by atoms with Gasteiger partial charge in [0, 0.05) is 11.1 Å². The molecule has 0 unspecified atom stereocenters. The van der Waals surface area contributed by atoms with Crippen LogP contribution in [0.25, 0.3) is 22.3 Å². The molecule has 4 rings (SSSR count). The molecule has 36 heavy (non-hydrogen) atoms. The lowest BCUT2D eigenvalue weighted by atomic mass is 9.97. The minimum Gasteiger partial charge on any atom is -0.420 e. The maximum atomic E-state index is 15.0. The Hall–Kier alpha value is -3.93. The standard InChI is InChI=1S/C30H24F4O2/c1-3-5-21-14-17-25(29(34)26(21)31)36-30(35)22-12-10-20(11-13-22)24-16-15-23(27(32)28(24)33)19-8-6-18(4-2)7-9-19/h6-17H,3-5H2,1-2H3. The number of hydrogen-bond donors (Lipinski definition) is 0. The van der Waals surface area contributed by atoms with Gasteiger partial charge in [0.05, 0.1) is 5.56 Å². The van der Waals surface area contributed by atoms with Crippen molar-refractivity contribution in [3.8, 4) is 28.0 Å². The van der Waals surface area contributed by atoms with Crippen molar-refractivity contribution in [3.63, 3.8) is 0 Å². The summed E-state index contributed by atoms with van der Waals surface area (Å²) in [6.07, 6.45) is 1.85. The summed E-state index contributed by atoms with van der Waals surface area (Å²) in [5, 5.41) is 0. The highest BCUT2D eigenvalue weighted by Gasteiger charge is 2.19. The van der Waals surface area contributed by atoms with E-state index in [0.717, 1.165) is 12.0 Å². The molecule has 6 heteroatoms. The average molecular weight is 493 g/mol. The summed E-state index contributed by atoms with van der Waals surface area (Å²) in [6, 6.07) is 18.4. The predicted octanol–water partition coefficient (Wildman–Crippen LogP) is 8.31. The van der Waals surface area contributed by atoms with Crippen LogP contribution < -0.4 is 4.74 Å². The van der Waals surface area contributed by atoms with Crippen molar-refractivity contribution in [3.05, 3.63) is 113 Å². The van der Waals surface area contributed by atoms with Gasteiger partial charge in [-0.1, -0.05) is 74.9 Å². The van der Waals surface area contributed by atoms with E-state index in [-0.39, 0.29) is 22.3 Å². The molecule has 2 nitrogen and oxygen atoms in total. The third-order valence-electron chi connectivity index (χ3n) is 6.04.